The summed E-state index contributed by atoms with van der Waals surface area (Å²) >= 11 is 1.07. The molecule has 0 unspecified atom stereocenters. The first-order valence-corrected chi connectivity index (χ1v) is 7.44. The van der Waals surface area contributed by atoms with E-state index < -0.39 is 16.0 Å². The number of aromatic carboxylic acids is 1. The number of hydrogen-bond donors (Lipinski definition) is 3. The van der Waals surface area contributed by atoms with Gasteiger partial charge in [0.1, 0.15) is 10.8 Å². The number of hydrogen-bond acceptors (Lipinski definition) is 6. The van der Waals surface area contributed by atoms with Crippen molar-refractivity contribution in [2.24, 2.45) is 0 Å². The van der Waals surface area contributed by atoms with Gasteiger partial charge in [-0.2, -0.15) is 0 Å². The van der Waals surface area contributed by atoms with E-state index in [0.29, 0.717) is 10.8 Å². The molecule has 0 atom stereocenters. The summed E-state index contributed by atoms with van der Waals surface area (Å²) in [5.74, 6) is -0.655. The van der Waals surface area contributed by atoms with Crippen LogP contribution >= 0.6 is 11.3 Å². The van der Waals surface area contributed by atoms with Crippen LogP contribution in [0.4, 0.5) is 0 Å². The fourth-order valence-corrected chi connectivity index (χ4v) is 3.01. The number of nitrogens with zero attached hydrogens (tertiary/aromatic N) is 2. The maximum Gasteiger partial charge on any atom is 0.355 e. The van der Waals surface area contributed by atoms with Crippen LogP contribution in [0.3, 0.4) is 0 Å². The Balaban J connectivity index is 2.07. The molecule has 0 aliphatic heterocycles. The number of carboxylic acid groups (broad SMARTS) is 1. The molecule has 0 aliphatic carbocycles. The third kappa shape index (κ3) is 3.16. The summed E-state index contributed by atoms with van der Waals surface area (Å²) in [5, 5.41) is 10.4. The summed E-state index contributed by atoms with van der Waals surface area (Å²) in [4.78, 5) is 20.8. The third-order valence-corrected chi connectivity index (χ3v) is 4.31. The lowest BCUT2D eigenvalue weighted by atomic mass is 10.5. The van der Waals surface area contributed by atoms with Crippen LogP contribution in [0, 0.1) is 6.92 Å². The molecule has 0 amide bonds. The van der Waals surface area contributed by atoms with Gasteiger partial charge in [0.25, 0.3) is 10.0 Å². The molecule has 0 saturated carbocycles. The second kappa shape index (κ2) is 5.07. The molecule has 0 saturated heterocycles. The summed E-state index contributed by atoms with van der Waals surface area (Å²) in [6, 6.07) is 0. The Morgan fingerprint density at radius 1 is 1.58 bits per heavy atom. The summed E-state index contributed by atoms with van der Waals surface area (Å²) in [7, 11) is -3.70. The SMILES string of the molecule is Cc1ncc(S(=O)(=O)NCc2nc(C(=O)O)cs2)[nH]1. The summed E-state index contributed by atoms with van der Waals surface area (Å²) < 4.78 is 26.0. The van der Waals surface area contributed by atoms with E-state index >= 15 is 0 Å². The van der Waals surface area contributed by atoms with Gasteiger partial charge in [-0.05, 0) is 6.92 Å². The molecule has 0 aromatic carbocycles. The lowest BCUT2D eigenvalue weighted by Gasteiger charge is -2.01. The molecule has 2 heterocycles. The molecule has 0 bridgehead atoms. The Bertz CT molecular complexity index is 703. The van der Waals surface area contributed by atoms with Crippen molar-refractivity contribution in [3.63, 3.8) is 0 Å². The van der Waals surface area contributed by atoms with Crippen molar-refractivity contribution < 1.29 is 18.3 Å². The molecule has 2 rings (SSSR count). The Hall–Kier alpha value is -1.78. The Kier molecular flexibility index (Phi) is 3.64. The van der Waals surface area contributed by atoms with E-state index in [1.807, 2.05) is 0 Å². The van der Waals surface area contributed by atoms with Gasteiger partial charge in [-0.15, -0.1) is 11.3 Å². The largest absolute Gasteiger partial charge is 0.476 e. The topological polar surface area (TPSA) is 125 Å². The molecule has 2 aromatic heterocycles. The average Bonchev–Trinajstić information content (AvgIpc) is 2.95. The van der Waals surface area contributed by atoms with Crippen molar-refractivity contribution >= 4 is 27.3 Å². The second-order valence-electron chi connectivity index (χ2n) is 3.59. The van der Waals surface area contributed by atoms with Gasteiger partial charge in [0.15, 0.2) is 10.7 Å². The maximum absolute atomic E-state index is 11.8. The lowest BCUT2D eigenvalue weighted by Crippen LogP contribution is -2.23. The highest BCUT2D eigenvalue weighted by Gasteiger charge is 2.17. The smallest absolute Gasteiger partial charge is 0.355 e. The number of carboxylic acids is 1. The van der Waals surface area contributed by atoms with Crippen molar-refractivity contribution in [1.29, 1.82) is 0 Å². The van der Waals surface area contributed by atoms with Crippen LogP contribution in [0.1, 0.15) is 21.3 Å². The zero-order valence-electron chi connectivity index (χ0n) is 9.74. The Morgan fingerprint density at radius 2 is 2.32 bits per heavy atom. The number of aromatic amines is 1. The number of imidazole rings is 1. The standard InChI is InChI=1S/C9H10N4O4S2/c1-5-10-3-8(12-5)19(16,17)11-2-7-13-6(4-18-7)9(14)15/h3-4,11H,2H2,1H3,(H,10,12)(H,14,15). The van der Waals surface area contributed by atoms with Gasteiger partial charge in [-0.25, -0.2) is 27.9 Å². The van der Waals surface area contributed by atoms with Crippen LogP contribution < -0.4 is 4.72 Å². The molecule has 102 valence electrons. The van der Waals surface area contributed by atoms with Crippen molar-refractivity contribution in [1.82, 2.24) is 19.7 Å². The molecule has 19 heavy (non-hydrogen) atoms. The summed E-state index contributed by atoms with van der Waals surface area (Å²) in [6.07, 6.45) is 1.21. The molecule has 0 aliphatic rings. The fourth-order valence-electron chi connectivity index (χ4n) is 1.26. The Labute approximate surface area is 112 Å². The first-order valence-electron chi connectivity index (χ1n) is 5.07. The van der Waals surface area contributed by atoms with Gasteiger partial charge in [0, 0.05) is 5.38 Å². The molecule has 0 spiro atoms. The molecule has 8 nitrogen and oxygen atoms in total. The number of sulfonamides is 1. The van der Waals surface area contributed by atoms with E-state index in [4.69, 9.17) is 5.11 Å². The van der Waals surface area contributed by atoms with Crippen LogP contribution in [-0.4, -0.2) is 34.4 Å². The molecular weight excluding hydrogens is 292 g/mol. The fraction of sp³-hybridized carbons (Fsp3) is 0.222. The predicted octanol–water partition coefficient (Wildman–Crippen LogP) is 0.351. The van der Waals surface area contributed by atoms with Crippen LogP contribution in [0.5, 0.6) is 0 Å². The van der Waals surface area contributed by atoms with Crippen LogP contribution in [0.25, 0.3) is 0 Å². The highest BCUT2D eigenvalue weighted by atomic mass is 32.2. The Morgan fingerprint density at radius 3 is 2.84 bits per heavy atom. The highest BCUT2D eigenvalue weighted by molar-refractivity contribution is 7.89. The quantitative estimate of drug-likeness (QED) is 0.732. The first-order chi connectivity index (χ1) is 8.88. The number of H-pyrrole nitrogens is 1. The van der Waals surface area contributed by atoms with Crippen molar-refractivity contribution in [2.75, 3.05) is 0 Å². The molecule has 0 fully saturated rings. The summed E-state index contributed by atoms with van der Waals surface area (Å²) in [5.41, 5.74) is -0.100. The van der Waals surface area contributed by atoms with Gasteiger partial charge in [0.2, 0.25) is 0 Å². The first kappa shape index (κ1) is 13.6. The van der Waals surface area contributed by atoms with E-state index in [2.05, 4.69) is 19.7 Å². The van der Waals surface area contributed by atoms with E-state index in [1.54, 1.807) is 6.92 Å². The number of aryl methyl sites for hydroxylation is 1. The molecule has 0 radical (unpaired) electrons. The van der Waals surface area contributed by atoms with E-state index in [-0.39, 0.29) is 17.3 Å². The van der Waals surface area contributed by atoms with Crippen LogP contribution in [0.15, 0.2) is 16.6 Å². The minimum Gasteiger partial charge on any atom is -0.476 e. The number of aromatic nitrogens is 3. The predicted molar refractivity (Wildman–Crippen MR) is 66.4 cm³/mol. The molecule has 3 N–H and O–H groups in total. The van der Waals surface area contributed by atoms with Gasteiger partial charge >= 0.3 is 5.97 Å². The molecule has 10 heteroatoms. The van der Waals surface area contributed by atoms with Crippen molar-refractivity contribution in [2.45, 2.75) is 18.5 Å². The highest BCUT2D eigenvalue weighted by Crippen LogP contribution is 2.11. The maximum atomic E-state index is 11.8. The molecule has 2 aromatic rings. The van der Waals surface area contributed by atoms with E-state index in [0.717, 1.165) is 11.3 Å². The van der Waals surface area contributed by atoms with Crippen molar-refractivity contribution in [3.8, 4) is 0 Å². The van der Waals surface area contributed by atoms with Gasteiger partial charge in [-0.1, -0.05) is 0 Å². The normalized spacial score (nSPS) is 11.6. The third-order valence-electron chi connectivity index (χ3n) is 2.15. The van der Waals surface area contributed by atoms with Gasteiger partial charge < -0.3 is 10.1 Å². The van der Waals surface area contributed by atoms with Crippen molar-refractivity contribution in [3.05, 3.63) is 28.1 Å². The summed E-state index contributed by atoms with van der Waals surface area (Å²) in [6.45, 7) is 1.57. The molecular formula is C9H10N4O4S2. The zero-order valence-corrected chi connectivity index (χ0v) is 11.4. The number of carbonyl (C=O) groups is 1. The minimum atomic E-state index is -3.70. The monoisotopic (exact) mass is 302 g/mol. The average molecular weight is 302 g/mol. The van der Waals surface area contributed by atoms with Crippen LogP contribution in [0.2, 0.25) is 0 Å². The van der Waals surface area contributed by atoms with Crippen LogP contribution in [-0.2, 0) is 16.6 Å². The van der Waals surface area contributed by atoms with E-state index in [1.165, 1.54) is 11.6 Å². The number of rotatable bonds is 5. The number of nitrogens with one attached hydrogen (secondary N) is 2. The lowest BCUT2D eigenvalue weighted by molar-refractivity contribution is 0.0691. The van der Waals surface area contributed by atoms with Gasteiger partial charge in [0.05, 0.1) is 12.7 Å². The second-order valence-corrected chi connectivity index (χ2v) is 6.27. The minimum absolute atomic E-state index is 0.0417. The zero-order chi connectivity index (χ0) is 14.0. The van der Waals surface area contributed by atoms with Gasteiger partial charge in [-0.3, -0.25) is 0 Å². The van der Waals surface area contributed by atoms with E-state index in [9.17, 15) is 13.2 Å². The number of thiazole rings is 1.